The average Bonchev–Trinajstić information content (AvgIpc) is 2.82. The van der Waals surface area contributed by atoms with Gasteiger partial charge in [0.15, 0.2) is 0 Å². The molecule has 1 aromatic carbocycles. The van der Waals surface area contributed by atoms with E-state index in [1.807, 2.05) is 0 Å². The average molecular weight is 314 g/mol. The molecule has 2 saturated carbocycles. The molecular formula is C14H16ClNO3S. The standard InChI is InChI=1S/C14H16ClNO3S/c1-8-7-9(5-6-12(8)20(15,18)19)16-14(17)13-10-3-2-4-11(10)13/h5-7,10-11,13H,2-4H2,1H3,(H,16,17). The van der Waals surface area contributed by atoms with E-state index in [0.29, 0.717) is 23.1 Å². The molecule has 2 unspecified atom stereocenters. The third-order valence-electron chi connectivity index (χ3n) is 4.41. The molecule has 4 nitrogen and oxygen atoms in total. The highest BCUT2D eigenvalue weighted by molar-refractivity contribution is 8.13. The summed E-state index contributed by atoms with van der Waals surface area (Å²) in [6.45, 7) is 1.66. The highest BCUT2D eigenvalue weighted by Crippen LogP contribution is 2.57. The number of benzene rings is 1. The third-order valence-corrected chi connectivity index (χ3v) is 5.90. The highest BCUT2D eigenvalue weighted by atomic mass is 35.7. The Kier molecular flexibility index (Phi) is 3.29. The zero-order chi connectivity index (χ0) is 14.5. The van der Waals surface area contributed by atoms with E-state index in [0.717, 1.165) is 12.8 Å². The van der Waals surface area contributed by atoms with Crippen LogP contribution in [0.3, 0.4) is 0 Å². The Hall–Kier alpha value is -1.07. The van der Waals surface area contributed by atoms with Crippen molar-refractivity contribution in [2.24, 2.45) is 17.8 Å². The van der Waals surface area contributed by atoms with Crippen LogP contribution in [0.25, 0.3) is 0 Å². The van der Waals surface area contributed by atoms with Crippen LogP contribution in [0.2, 0.25) is 0 Å². The molecule has 0 saturated heterocycles. The fourth-order valence-electron chi connectivity index (χ4n) is 3.44. The summed E-state index contributed by atoms with van der Waals surface area (Å²) in [6.07, 6.45) is 3.55. The normalized spacial score (nSPS) is 28.0. The molecule has 1 aromatic rings. The first kappa shape index (κ1) is 13.9. The Balaban J connectivity index is 1.72. The molecule has 20 heavy (non-hydrogen) atoms. The van der Waals surface area contributed by atoms with Gasteiger partial charge in [0.25, 0.3) is 9.05 Å². The van der Waals surface area contributed by atoms with Gasteiger partial charge in [-0.05, 0) is 55.4 Å². The maximum Gasteiger partial charge on any atom is 0.261 e. The van der Waals surface area contributed by atoms with E-state index in [2.05, 4.69) is 5.32 Å². The lowest BCUT2D eigenvalue weighted by Crippen LogP contribution is -2.16. The number of carbonyl (C=O) groups excluding carboxylic acids is 1. The summed E-state index contributed by atoms with van der Waals surface area (Å²) in [7, 11) is 1.60. The fourth-order valence-corrected chi connectivity index (χ4v) is 4.63. The van der Waals surface area contributed by atoms with E-state index in [4.69, 9.17) is 10.7 Å². The van der Waals surface area contributed by atoms with E-state index in [-0.39, 0.29) is 16.7 Å². The molecule has 2 aliphatic rings. The van der Waals surface area contributed by atoms with Crippen molar-refractivity contribution in [1.29, 1.82) is 0 Å². The van der Waals surface area contributed by atoms with Crippen molar-refractivity contribution < 1.29 is 13.2 Å². The molecule has 0 aliphatic heterocycles. The molecule has 2 atom stereocenters. The van der Waals surface area contributed by atoms with E-state index < -0.39 is 9.05 Å². The summed E-state index contributed by atoms with van der Waals surface area (Å²) >= 11 is 0. The molecule has 6 heteroatoms. The Labute approximate surface area is 122 Å². The SMILES string of the molecule is Cc1cc(NC(=O)C2C3CCCC32)ccc1S(=O)(=O)Cl. The number of anilines is 1. The quantitative estimate of drug-likeness (QED) is 0.873. The molecule has 108 valence electrons. The Morgan fingerprint density at radius 3 is 2.50 bits per heavy atom. The van der Waals surface area contributed by atoms with Gasteiger partial charge in [-0.15, -0.1) is 0 Å². The van der Waals surface area contributed by atoms with Crippen LogP contribution >= 0.6 is 10.7 Å². The summed E-state index contributed by atoms with van der Waals surface area (Å²) in [5.41, 5.74) is 1.16. The first-order chi connectivity index (χ1) is 9.38. The van der Waals surface area contributed by atoms with Crippen LogP contribution in [0.4, 0.5) is 5.69 Å². The van der Waals surface area contributed by atoms with E-state index >= 15 is 0 Å². The Morgan fingerprint density at radius 1 is 1.30 bits per heavy atom. The molecule has 0 heterocycles. The smallest absolute Gasteiger partial charge is 0.261 e. The van der Waals surface area contributed by atoms with Gasteiger partial charge in [0, 0.05) is 22.3 Å². The maximum atomic E-state index is 12.1. The Bertz CT molecular complexity index is 661. The van der Waals surface area contributed by atoms with Crippen LogP contribution in [-0.2, 0) is 13.8 Å². The van der Waals surface area contributed by atoms with Crippen LogP contribution in [0.1, 0.15) is 24.8 Å². The first-order valence-corrected chi connectivity index (χ1v) is 9.05. The van der Waals surface area contributed by atoms with Gasteiger partial charge in [0.1, 0.15) is 0 Å². The van der Waals surface area contributed by atoms with Crippen LogP contribution in [0.15, 0.2) is 23.1 Å². The molecule has 3 rings (SSSR count). The van der Waals surface area contributed by atoms with Crippen molar-refractivity contribution in [2.45, 2.75) is 31.1 Å². The largest absolute Gasteiger partial charge is 0.326 e. The summed E-state index contributed by atoms with van der Waals surface area (Å²) < 4.78 is 22.6. The number of hydrogen-bond donors (Lipinski definition) is 1. The number of amides is 1. The van der Waals surface area contributed by atoms with Crippen molar-refractivity contribution in [3.63, 3.8) is 0 Å². The molecule has 2 aliphatic carbocycles. The fraction of sp³-hybridized carbons (Fsp3) is 0.500. The zero-order valence-electron chi connectivity index (χ0n) is 11.1. The summed E-state index contributed by atoms with van der Waals surface area (Å²) in [6, 6.07) is 4.66. The van der Waals surface area contributed by atoms with Crippen molar-refractivity contribution >= 4 is 31.3 Å². The molecule has 0 bridgehead atoms. The van der Waals surface area contributed by atoms with Gasteiger partial charge in [0.2, 0.25) is 5.91 Å². The lowest BCUT2D eigenvalue weighted by atomic mass is 10.1. The van der Waals surface area contributed by atoms with Gasteiger partial charge in [-0.1, -0.05) is 6.42 Å². The van der Waals surface area contributed by atoms with Crippen LogP contribution < -0.4 is 5.32 Å². The summed E-state index contributed by atoms with van der Waals surface area (Å²) in [5.74, 6) is 1.35. The van der Waals surface area contributed by atoms with Gasteiger partial charge >= 0.3 is 0 Å². The van der Waals surface area contributed by atoms with Gasteiger partial charge in [-0.2, -0.15) is 0 Å². The number of aryl methyl sites for hydroxylation is 1. The second-order valence-corrected chi connectivity index (χ2v) is 8.23. The van der Waals surface area contributed by atoms with Crippen molar-refractivity contribution in [2.75, 3.05) is 5.32 Å². The highest BCUT2D eigenvalue weighted by Gasteiger charge is 2.56. The van der Waals surface area contributed by atoms with E-state index in [1.54, 1.807) is 19.1 Å². The molecule has 2 fully saturated rings. The predicted molar refractivity (Wildman–Crippen MR) is 77.2 cm³/mol. The minimum atomic E-state index is -3.74. The lowest BCUT2D eigenvalue weighted by molar-refractivity contribution is -0.118. The number of fused-ring (bicyclic) bond motifs is 1. The second kappa shape index (κ2) is 4.74. The first-order valence-electron chi connectivity index (χ1n) is 6.74. The predicted octanol–water partition coefficient (Wildman–Crippen LogP) is 2.91. The van der Waals surface area contributed by atoms with E-state index in [9.17, 15) is 13.2 Å². The Morgan fingerprint density at radius 2 is 1.95 bits per heavy atom. The van der Waals surface area contributed by atoms with Gasteiger partial charge in [-0.3, -0.25) is 4.79 Å². The number of hydrogen-bond acceptors (Lipinski definition) is 3. The molecular weight excluding hydrogens is 298 g/mol. The summed E-state index contributed by atoms with van der Waals surface area (Å²) in [4.78, 5) is 12.2. The molecule has 0 aromatic heterocycles. The topological polar surface area (TPSA) is 63.2 Å². The monoisotopic (exact) mass is 313 g/mol. The molecule has 0 spiro atoms. The van der Waals surface area contributed by atoms with Crippen molar-refractivity contribution in [1.82, 2.24) is 0 Å². The zero-order valence-corrected chi connectivity index (χ0v) is 12.7. The van der Waals surface area contributed by atoms with Gasteiger partial charge < -0.3 is 5.32 Å². The number of rotatable bonds is 3. The third kappa shape index (κ3) is 2.44. The maximum absolute atomic E-state index is 12.1. The van der Waals surface area contributed by atoms with Crippen LogP contribution in [-0.4, -0.2) is 14.3 Å². The van der Waals surface area contributed by atoms with Crippen molar-refractivity contribution in [3.05, 3.63) is 23.8 Å². The molecule has 1 N–H and O–H groups in total. The van der Waals surface area contributed by atoms with Gasteiger partial charge in [0.05, 0.1) is 4.90 Å². The second-order valence-electron chi connectivity index (χ2n) is 5.69. The van der Waals surface area contributed by atoms with E-state index in [1.165, 1.54) is 12.5 Å². The minimum Gasteiger partial charge on any atom is -0.326 e. The van der Waals surface area contributed by atoms with Gasteiger partial charge in [-0.25, -0.2) is 8.42 Å². The summed E-state index contributed by atoms with van der Waals surface area (Å²) in [5, 5.41) is 2.88. The van der Waals surface area contributed by atoms with Crippen LogP contribution in [0, 0.1) is 24.7 Å². The molecule has 1 amide bonds. The number of halogens is 1. The molecule has 0 radical (unpaired) electrons. The van der Waals surface area contributed by atoms with Crippen molar-refractivity contribution in [3.8, 4) is 0 Å². The number of nitrogens with one attached hydrogen (secondary N) is 1. The lowest BCUT2D eigenvalue weighted by Gasteiger charge is -2.09. The van der Waals surface area contributed by atoms with Crippen LogP contribution in [0.5, 0.6) is 0 Å². The number of carbonyl (C=O) groups is 1. The minimum absolute atomic E-state index is 0.0561.